The van der Waals surface area contributed by atoms with Crippen LogP contribution in [0.15, 0.2) is 33.3 Å². The SMILES string of the molecule is Cc1cc(C(=O)Nc2nnc(-c3ccco3)s2)c(C)o1. The molecule has 3 aromatic rings. The summed E-state index contributed by atoms with van der Waals surface area (Å²) in [4.78, 5) is 12.1. The lowest BCUT2D eigenvalue weighted by Gasteiger charge is -1.98. The predicted molar refractivity (Wildman–Crippen MR) is 73.7 cm³/mol. The molecule has 3 rings (SSSR count). The van der Waals surface area contributed by atoms with Gasteiger partial charge in [-0.15, -0.1) is 10.2 Å². The van der Waals surface area contributed by atoms with Crippen LogP contribution >= 0.6 is 11.3 Å². The predicted octanol–water partition coefficient (Wildman–Crippen LogP) is 3.26. The normalized spacial score (nSPS) is 10.7. The number of hydrogen-bond donors (Lipinski definition) is 1. The minimum atomic E-state index is -0.263. The molecule has 0 aliphatic rings. The maximum atomic E-state index is 12.1. The first-order valence-corrected chi connectivity index (χ1v) is 6.71. The molecule has 0 aromatic carbocycles. The fourth-order valence-corrected chi connectivity index (χ4v) is 2.50. The van der Waals surface area contributed by atoms with Gasteiger partial charge in [0.05, 0.1) is 11.8 Å². The van der Waals surface area contributed by atoms with Crippen molar-refractivity contribution >= 4 is 22.4 Å². The zero-order chi connectivity index (χ0) is 14.1. The Balaban J connectivity index is 1.78. The fraction of sp³-hybridized carbons (Fsp3) is 0.154. The second-order valence-corrected chi connectivity index (χ2v) is 5.15. The number of rotatable bonds is 3. The second kappa shape index (κ2) is 4.93. The summed E-state index contributed by atoms with van der Waals surface area (Å²) in [5, 5.41) is 11.6. The summed E-state index contributed by atoms with van der Waals surface area (Å²) in [7, 11) is 0. The molecule has 0 saturated carbocycles. The van der Waals surface area contributed by atoms with E-state index in [9.17, 15) is 4.79 Å². The summed E-state index contributed by atoms with van der Waals surface area (Å²) in [5.74, 6) is 1.64. The van der Waals surface area contributed by atoms with Crippen LogP contribution in [0.25, 0.3) is 10.8 Å². The smallest absolute Gasteiger partial charge is 0.261 e. The number of aromatic nitrogens is 2. The lowest BCUT2D eigenvalue weighted by atomic mass is 10.2. The molecule has 1 amide bonds. The van der Waals surface area contributed by atoms with E-state index in [4.69, 9.17) is 8.83 Å². The monoisotopic (exact) mass is 289 g/mol. The highest BCUT2D eigenvalue weighted by Crippen LogP contribution is 2.27. The van der Waals surface area contributed by atoms with Gasteiger partial charge in [-0.05, 0) is 32.0 Å². The van der Waals surface area contributed by atoms with Crippen LogP contribution in [0.4, 0.5) is 5.13 Å². The highest BCUT2D eigenvalue weighted by molar-refractivity contribution is 7.18. The van der Waals surface area contributed by atoms with Crippen molar-refractivity contribution in [3.8, 4) is 10.8 Å². The highest BCUT2D eigenvalue weighted by atomic mass is 32.1. The maximum Gasteiger partial charge on any atom is 0.261 e. The van der Waals surface area contributed by atoms with Gasteiger partial charge in [0.2, 0.25) is 5.13 Å². The summed E-state index contributed by atoms with van der Waals surface area (Å²) in [6.45, 7) is 3.54. The number of amides is 1. The van der Waals surface area contributed by atoms with E-state index in [1.54, 1.807) is 38.3 Å². The third-order valence-corrected chi connectivity index (χ3v) is 3.52. The molecule has 0 bridgehead atoms. The first-order valence-electron chi connectivity index (χ1n) is 5.89. The average molecular weight is 289 g/mol. The van der Waals surface area contributed by atoms with Crippen LogP contribution in [0.2, 0.25) is 0 Å². The molecule has 20 heavy (non-hydrogen) atoms. The molecule has 0 saturated heterocycles. The van der Waals surface area contributed by atoms with Crippen LogP contribution in [0.3, 0.4) is 0 Å². The molecule has 0 radical (unpaired) electrons. The third-order valence-electron chi connectivity index (χ3n) is 2.66. The van der Waals surface area contributed by atoms with E-state index in [-0.39, 0.29) is 5.91 Å². The van der Waals surface area contributed by atoms with Crippen molar-refractivity contribution in [1.29, 1.82) is 0 Å². The molecular weight excluding hydrogens is 278 g/mol. The topological polar surface area (TPSA) is 81.2 Å². The van der Waals surface area contributed by atoms with Crippen LogP contribution in [0.5, 0.6) is 0 Å². The molecule has 3 aromatic heterocycles. The number of carbonyl (C=O) groups is 1. The number of aryl methyl sites for hydroxylation is 2. The van der Waals surface area contributed by atoms with E-state index in [2.05, 4.69) is 15.5 Å². The Morgan fingerprint density at radius 1 is 1.35 bits per heavy atom. The van der Waals surface area contributed by atoms with E-state index in [0.29, 0.717) is 33.0 Å². The molecule has 102 valence electrons. The molecule has 0 spiro atoms. The van der Waals surface area contributed by atoms with Gasteiger partial charge >= 0.3 is 0 Å². The lowest BCUT2D eigenvalue weighted by molar-refractivity contribution is 0.102. The van der Waals surface area contributed by atoms with Crippen molar-refractivity contribution in [3.05, 3.63) is 41.5 Å². The summed E-state index contributed by atoms with van der Waals surface area (Å²) in [5.41, 5.74) is 0.497. The summed E-state index contributed by atoms with van der Waals surface area (Å²) >= 11 is 1.25. The van der Waals surface area contributed by atoms with E-state index < -0.39 is 0 Å². The Hall–Kier alpha value is -2.41. The number of carbonyl (C=O) groups excluding carboxylic acids is 1. The van der Waals surface area contributed by atoms with Gasteiger partial charge in [-0.1, -0.05) is 11.3 Å². The van der Waals surface area contributed by atoms with Crippen LogP contribution in [-0.4, -0.2) is 16.1 Å². The number of nitrogens with zero attached hydrogens (tertiary/aromatic N) is 2. The van der Waals surface area contributed by atoms with Crippen LogP contribution < -0.4 is 5.32 Å². The van der Waals surface area contributed by atoms with Gasteiger partial charge in [-0.3, -0.25) is 10.1 Å². The second-order valence-electron chi connectivity index (χ2n) is 4.17. The van der Waals surface area contributed by atoms with Gasteiger partial charge in [0, 0.05) is 0 Å². The molecule has 7 heteroatoms. The quantitative estimate of drug-likeness (QED) is 0.800. The number of anilines is 1. The standard InChI is InChI=1S/C13H11N3O3S/c1-7-6-9(8(2)19-7)11(17)14-13-16-15-12(20-13)10-4-3-5-18-10/h3-6H,1-2H3,(H,14,16,17). The molecular formula is C13H11N3O3S. The van der Waals surface area contributed by atoms with Crippen molar-refractivity contribution in [2.24, 2.45) is 0 Å². The minimum absolute atomic E-state index is 0.263. The number of hydrogen-bond acceptors (Lipinski definition) is 6. The van der Waals surface area contributed by atoms with Gasteiger partial charge in [-0.2, -0.15) is 0 Å². The summed E-state index contributed by atoms with van der Waals surface area (Å²) < 4.78 is 10.6. The van der Waals surface area contributed by atoms with E-state index in [1.807, 2.05) is 0 Å². The largest absolute Gasteiger partial charge is 0.466 e. The molecule has 0 unspecified atom stereocenters. The fourth-order valence-electron chi connectivity index (χ4n) is 1.79. The van der Waals surface area contributed by atoms with Crippen molar-refractivity contribution in [2.75, 3.05) is 5.32 Å². The Morgan fingerprint density at radius 2 is 2.20 bits per heavy atom. The van der Waals surface area contributed by atoms with Crippen molar-refractivity contribution < 1.29 is 13.6 Å². The van der Waals surface area contributed by atoms with Crippen molar-refractivity contribution in [3.63, 3.8) is 0 Å². The average Bonchev–Trinajstić information content (AvgIpc) is 3.09. The first kappa shape index (κ1) is 12.6. The molecule has 0 aliphatic heterocycles. The third kappa shape index (κ3) is 2.35. The number of furan rings is 2. The number of nitrogens with one attached hydrogen (secondary N) is 1. The van der Waals surface area contributed by atoms with Gasteiger partial charge in [-0.25, -0.2) is 0 Å². The lowest BCUT2D eigenvalue weighted by Crippen LogP contribution is -2.11. The maximum absolute atomic E-state index is 12.1. The first-order chi connectivity index (χ1) is 9.63. The summed E-state index contributed by atoms with van der Waals surface area (Å²) in [6.07, 6.45) is 1.56. The van der Waals surface area contributed by atoms with E-state index in [1.165, 1.54) is 11.3 Å². The Bertz CT molecular complexity index is 743. The summed E-state index contributed by atoms with van der Waals surface area (Å²) in [6, 6.07) is 5.25. The van der Waals surface area contributed by atoms with Gasteiger partial charge in [0.1, 0.15) is 11.5 Å². The van der Waals surface area contributed by atoms with Crippen molar-refractivity contribution in [2.45, 2.75) is 13.8 Å². The molecule has 0 aliphatic carbocycles. The van der Waals surface area contributed by atoms with Gasteiger partial charge in [0.15, 0.2) is 10.8 Å². The molecule has 3 heterocycles. The van der Waals surface area contributed by atoms with Crippen LogP contribution in [0.1, 0.15) is 21.9 Å². The van der Waals surface area contributed by atoms with E-state index >= 15 is 0 Å². The van der Waals surface area contributed by atoms with Gasteiger partial charge in [0.25, 0.3) is 5.91 Å². The zero-order valence-corrected chi connectivity index (χ0v) is 11.7. The molecule has 1 N–H and O–H groups in total. The Morgan fingerprint density at radius 3 is 2.85 bits per heavy atom. The van der Waals surface area contributed by atoms with Crippen molar-refractivity contribution in [1.82, 2.24) is 10.2 Å². The highest BCUT2D eigenvalue weighted by Gasteiger charge is 2.16. The van der Waals surface area contributed by atoms with E-state index in [0.717, 1.165) is 0 Å². The molecule has 0 fully saturated rings. The molecule has 0 atom stereocenters. The van der Waals surface area contributed by atoms with Crippen LogP contribution in [0, 0.1) is 13.8 Å². The minimum Gasteiger partial charge on any atom is -0.466 e. The Kier molecular flexibility index (Phi) is 3.11. The zero-order valence-electron chi connectivity index (χ0n) is 10.8. The Labute approximate surface area is 118 Å². The van der Waals surface area contributed by atoms with Gasteiger partial charge < -0.3 is 8.83 Å². The van der Waals surface area contributed by atoms with Crippen LogP contribution in [-0.2, 0) is 0 Å². The molecule has 6 nitrogen and oxygen atoms in total.